The zero-order valence-corrected chi connectivity index (χ0v) is 11.0. The van der Waals surface area contributed by atoms with Crippen molar-refractivity contribution in [3.8, 4) is 0 Å². The van der Waals surface area contributed by atoms with Crippen molar-refractivity contribution in [1.82, 2.24) is 0 Å². The van der Waals surface area contributed by atoms with Crippen LogP contribution in [0.2, 0.25) is 0 Å². The Balaban J connectivity index is 2.26. The predicted octanol–water partition coefficient (Wildman–Crippen LogP) is 3.46. The molecule has 0 bridgehead atoms. The third-order valence-corrected chi connectivity index (χ3v) is 4.20. The molecule has 94 valence electrons. The van der Waals surface area contributed by atoms with Crippen molar-refractivity contribution in [2.24, 2.45) is 10.9 Å². The maximum Gasteiger partial charge on any atom is 0.152 e. The molecule has 2 aromatic carbocycles. The van der Waals surface area contributed by atoms with Gasteiger partial charge in [0.1, 0.15) is 0 Å². The molecule has 0 fully saturated rings. The summed E-state index contributed by atoms with van der Waals surface area (Å²) in [5.41, 5.74) is 5.67. The van der Waals surface area contributed by atoms with Crippen LogP contribution in [0.3, 0.4) is 0 Å². The number of amidine groups is 1. The first-order valence-corrected chi connectivity index (χ1v) is 6.75. The molecule has 0 aliphatic carbocycles. The second-order valence-electron chi connectivity index (χ2n) is 4.05. The number of nitrogens with two attached hydrogens (primary N) is 1. The van der Waals surface area contributed by atoms with E-state index in [2.05, 4.69) is 35.5 Å². The van der Waals surface area contributed by atoms with E-state index in [1.807, 2.05) is 19.1 Å². The summed E-state index contributed by atoms with van der Waals surface area (Å²) in [4.78, 5) is 1.13. The van der Waals surface area contributed by atoms with Crippen LogP contribution in [0.15, 0.2) is 52.5 Å². The standard InChI is InChI=1S/C14H16N2OS/c1-2-13(14(15)16-17)18-12-8-7-10-5-3-4-6-11(10)9-12/h3-9,13,17H,2H2,1H3,(H2,15,16). The molecular formula is C14H16N2OS. The first-order chi connectivity index (χ1) is 8.74. The van der Waals surface area contributed by atoms with Crippen LogP contribution in [0.25, 0.3) is 10.8 Å². The molecule has 0 radical (unpaired) electrons. The smallest absolute Gasteiger partial charge is 0.152 e. The molecule has 0 aromatic heterocycles. The number of hydrogen-bond acceptors (Lipinski definition) is 3. The van der Waals surface area contributed by atoms with E-state index in [0.717, 1.165) is 11.3 Å². The van der Waals surface area contributed by atoms with Crippen molar-refractivity contribution in [2.75, 3.05) is 0 Å². The summed E-state index contributed by atoms with van der Waals surface area (Å²) < 4.78 is 0. The van der Waals surface area contributed by atoms with Gasteiger partial charge in [0.2, 0.25) is 0 Å². The second-order valence-corrected chi connectivity index (χ2v) is 5.32. The van der Waals surface area contributed by atoms with Gasteiger partial charge in [-0.05, 0) is 29.3 Å². The minimum absolute atomic E-state index is 0.0103. The monoisotopic (exact) mass is 260 g/mol. The van der Waals surface area contributed by atoms with E-state index in [1.54, 1.807) is 11.8 Å². The molecule has 0 heterocycles. The lowest BCUT2D eigenvalue weighted by Gasteiger charge is -2.13. The lowest BCUT2D eigenvalue weighted by molar-refractivity contribution is 0.317. The van der Waals surface area contributed by atoms with Crippen LogP contribution in [0.5, 0.6) is 0 Å². The van der Waals surface area contributed by atoms with E-state index in [0.29, 0.717) is 0 Å². The Labute approximate surface area is 111 Å². The van der Waals surface area contributed by atoms with E-state index in [4.69, 9.17) is 10.9 Å². The van der Waals surface area contributed by atoms with Gasteiger partial charge in [0, 0.05) is 4.90 Å². The number of fused-ring (bicyclic) bond motifs is 1. The van der Waals surface area contributed by atoms with E-state index < -0.39 is 0 Å². The minimum atomic E-state index is 0.0103. The highest BCUT2D eigenvalue weighted by molar-refractivity contribution is 8.00. The summed E-state index contributed by atoms with van der Waals surface area (Å²) in [6, 6.07) is 14.5. The first-order valence-electron chi connectivity index (χ1n) is 5.87. The number of thioether (sulfide) groups is 1. The number of hydrogen-bond donors (Lipinski definition) is 2. The largest absolute Gasteiger partial charge is 0.409 e. The molecule has 0 spiro atoms. The maximum absolute atomic E-state index is 8.74. The summed E-state index contributed by atoms with van der Waals surface area (Å²) in [6.07, 6.45) is 0.827. The van der Waals surface area contributed by atoms with E-state index >= 15 is 0 Å². The zero-order valence-electron chi connectivity index (χ0n) is 10.2. The van der Waals surface area contributed by atoms with Crippen LogP contribution in [0.4, 0.5) is 0 Å². The van der Waals surface area contributed by atoms with Crippen LogP contribution >= 0.6 is 11.8 Å². The maximum atomic E-state index is 8.74. The lowest BCUT2D eigenvalue weighted by atomic mass is 10.1. The van der Waals surface area contributed by atoms with Crippen molar-refractivity contribution < 1.29 is 5.21 Å². The average molecular weight is 260 g/mol. The van der Waals surface area contributed by atoms with Crippen LogP contribution in [0.1, 0.15) is 13.3 Å². The fourth-order valence-electron chi connectivity index (χ4n) is 1.82. The molecule has 0 saturated heterocycles. The number of oxime groups is 1. The van der Waals surface area contributed by atoms with Gasteiger partial charge in [0.05, 0.1) is 5.25 Å². The molecule has 0 amide bonds. The third kappa shape index (κ3) is 2.76. The van der Waals surface area contributed by atoms with Crippen LogP contribution < -0.4 is 5.73 Å². The minimum Gasteiger partial charge on any atom is -0.409 e. The average Bonchev–Trinajstić information content (AvgIpc) is 2.43. The SMILES string of the molecule is CCC(Sc1ccc2ccccc2c1)C(N)=NO. The molecule has 0 aliphatic rings. The topological polar surface area (TPSA) is 58.6 Å². The molecule has 0 saturated carbocycles. The van der Waals surface area contributed by atoms with Gasteiger partial charge in [-0.15, -0.1) is 11.8 Å². The van der Waals surface area contributed by atoms with Crippen molar-refractivity contribution in [2.45, 2.75) is 23.5 Å². The summed E-state index contributed by atoms with van der Waals surface area (Å²) >= 11 is 1.62. The molecule has 18 heavy (non-hydrogen) atoms. The summed E-state index contributed by atoms with van der Waals surface area (Å²) in [7, 11) is 0. The molecule has 2 rings (SSSR count). The van der Waals surface area contributed by atoms with Gasteiger partial charge in [0.25, 0.3) is 0 Å². The van der Waals surface area contributed by atoms with Crippen molar-refractivity contribution in [1.29, 1.82) is 0 Å². The Morgan fingerprint density at radius 1 is 1.28 bits per heavy atom. The van der Waals surface area contributed by atoms with Gasteiger partial charge in [-0.25, -0.2) is 0 Å². The van der Waals surface area contributed by atoms with E-state index in [9.17, 15) is 0 Å². The van der Waals surface area contributed by atoms with Gasteiger partial charge in [-0.1, -0.05) is 42.4 Å². The Hall–Kier alpha value is -1.68. The van der Waals surface area contributed by atoms with Crippen molar-refractivity contribution in [3.63, 3.8) is 0 Å². The lowest BCUT2D eigenvalue weighted by Crippen LogP contribution is -2.25. The molecule has 3 N–H and O–H groups in total. The molecule has 4 heteroatoms. The molecule has 2 aromatic rings. The molecule has 3 nitrogen and oxygen atoms in total. The predicted molar refractivity (Wildman–Crippen MR) is 77.3 cm³/mol. The van der Waals surface area contributed by atoms with Gasteiger partial charge >= 0.3 is 0 Å². The molecular weight excluding hydrogens is 244 g/mol. The Bertz CT molecular complexity index is 568. The quantitative estimate of drug-likeness (QED) is 0.291. The molecule has 1 unspecified atom stereocenters. The Morgan fingerprint density at radius 3 is 2.67 bits per heavy atom. The zero-order chi connectivity index (χ0) is 13.0. The van der Waals surface area contributed by atoms with Gasteiger partial charge in [0.15, 0.2) is 5.84 Å². The summed E-state index contributed by atoms with van der Waals surface area (Å²) in [6.45, 7) is 2.02. The summed E-state index contributed by atoms with van der Waals surface area (Å²) in [5.74, 6) is 0.274. The number of nitrogens with zero attached hydrogens (tertiary/aromatic N) is 1. The van der Waals surface area contributed by atoms with Crippen molar-refractivity contribution in [3.05, 3.63) is 42.5 Å². The number of benzene rings is 2. The van der Waals surface area contributed by atoms with Crippen molar-refractivity contribution >= 4 is 28.4 Å². The fourth-order valence-corrected chi connectivity index (χ4v) is 2.83. The van der Waals surface area contributed by atoms with Gasteiger partial charge < -0.3 is 10.9 Å². The highest BCUT2D eigenvalue weighted by atomic mass is 32.2. The second kappa shape index (κ2) is 5.78. The van der Waals surface area contributed by atoms with Gasteiger partial charge in [-0.2, -0.15) is 0 Å². The molecule has 0 aliphatic heterocycles. The van der Waals surface area contributed by atoms with Crippen LogP contribution in [-0.4, -0.2) is 16.3 Å². The highest BCUT2D eigenvalue weighted by Crippen LogP contribution is 2.28. The normalized spacial score (nSPS) is 13.7. The van der Waals surface area contributed by atoms with Crippen LogP contribution in [-0.2, 0) is 0 Å². The van der Waals surface area contributed by atoms with E-state index in [1.165, 1.54) is 10.8 Å². The fraction of sp³-hybridized carbons (Fsp3) is 0.214. The summed E-state index contributed by atoms with van der Waals surface area (Å²) in [5, 5.41) is 14.3. The van der Waals surface area contributed by atoms with Crippen LogP contribution in [0, 0.1) is 0 Å². The Morgan fingerprint density at radius 2 is 2.00 bits per heavy atom. The number of rotatable bonds is 4. The van der Waals surface area contributed by atoms with E-state index in [-0.39, 0.29) is 11.1 Å². The van der Waals surface area contributed by atoms with Gasteiger partial charge in [-0.3, -0.25) is 0 Å². The first kappa shape index (κ1) is 12.8. The highest BCUT2D eigenvalue weighted by Gasteiger charge is 2.13. The molecule has 1 atom stereocenters. The Kier molecular flexibility index (Phi) is 4.10. The third-order valence-electron chi connectivity index (χ3n) is 2.82.